The van der Waals surface area contributed by atoms with Crippen molar-refractivity contribution in [2.75, 3.05) is 37.0 Å². The number of rotatable bonds is 2. The van der Waals surface area contributed by atoms with Gasteiger partial charge in [0.25, 0.3) is 0 Å². The average Bonchev–Trinajstić information content (AvgIpc) is 2.89. The molecule has 0 unspecified atom stereocenters. The van der Waals surface area contributed by atoms with E-state index < -0.39 is 0 Å². The van der Waals surface area contributed by atoms with Crippen LogP contribution in [0.5, 0.6) is 5.75 Å². The average molecular weight is 309 g/mol. The van der Waals surface area contributed by atoms with Crippen molar-refractivity contribution in [2.24, 2.45) is 0 Å². The van der Waals surface area contributed by atoms with Gasteiger partial charge in [-0.15, -0.1) is 0 Å². The van der Waals surface area contributed by atoms with Gasteiger partial charge in [0.15, 0.2) is 5.13 Å². The molecule has 0 aliphatic carbocycles. The molecule has 1 saturated heterocycles. The number of hydrogen-bond donors (Lipinski definition) is 1. The minimum atomic E-state index is -0.0590. The second-order valence-corrected chi connectivity index (χ2v) is 6.64. The minimum absolute atomic E-state index is 0.0590. The summed E-state index contributed by atoms with van der Waals surface area (Å²) in [4.78, 5) is 18.4. The number of aromatic nitrogens is 1. The van der Waals surface area contributed by atoms with Gasteiger partial charge in [-0.1, -0.05) is 11.3 Å². The maximum atomic E-state index is 12.1. The third-order valence-electron chi connectivity index (χ3n) is 3.11. The summed E-state index contributed by atoms with van der Waals surface area (Å²) in [5.74, 6) is 2.81. The molecule has 7 heteroatoms. The van der Waals surface area contributed by atoms with Crippen molar-refractivity contribution >= 4 is 44.5 Å². The van der Waals surface area contributed by atoms with E-state index in [1.54, 1.807) is 7.11 Å². The number of hydrogen-bond acceptors (Lipinski definition) is 5. The molecular formula is C13H15N3O2S2. The van der Waals surface area contributed by atoms with E-state index in [-0.39, 0.29) is 6.03 Å². The van der Waals surface area contributed by atoms with Gasteiger partial charge < -0.3 is 9.64 Å². The highest BCUT2D eigenvalue weighted by Crippen LogP contribution is 2.29. The molecule has 1 aromatic carbocycles. The largest absolute Gasteiger partial charge is 0.497 e. The topological polar surface area (TPSA) is 54.5 Å². The van der Waals surface area contributed by atoms with Crippen molar-refractivity contribution in [3.8, 4) is 5.75 Å². The maximum Gasteiger partial charge on any atom is 0.323 e. The number of urea groups is 1. The molecule has 0 spiro atoms. The second-order valence-electron chi connectivity index (χ2n) is 4.38. The molecule has 1 fully saturated rings. The number of methoxy groups -OCH3 is 1. The Labute approximate surface area is 125 Å². The first-order valence-electron chi connectivity index (χ1n) is 6.34. The van der Waals surface area contributed by atoms with Crippen LogP contribution < -0.4 is 10.1 Å². The van der Waals surface area contributed by atoms with Gasteiger partial charge in [0.2, 0.25) is 0 Å². The second kappa shape index (κ2) is 5.88. The Morgan fingerprint density at radius 1 is 1.40 bits per heavy atom. The molecule has 5 nitrogen and oxygen atoms in total. The maximum absolute atomic E-state index is 12.1. The van der Waals surface area contributed by atoms with Gasteiger partial charge in [0.05, 0.1) is 17.3 Å². The van der Waals surface area contributed by atoms with Gasteiger partial charge in [-0.3, -0.25) is 5.32 Å². The van der Waals surface area contributed by atoms with Gasteiger partial charge >= 0.3 is 6.03 Å². The smallest absolute Gasteiger partial charge is 0.323 e. The van der Waals surface area contributed by atoms with Crippen molar-refractivity contribution < 1.29 is 9.53 Å². The summed E-state index contributed by atoms with van der Waals surface area (Å²) in [6.07, 6.45) is 0. The molecular weight excluding hydrogens is 294 g/mol. The Kier molecular flexibility index (Phi) is 3.98. The lowest BCUT2D eigenvalue weighted by molar-refractivity contribution is 0.217. The summed E-state index contributed by atoms with van der Waals surface area (Å²) in [6, 6.07) is 5.64. The highest BCUT2D eigenvalue weighted by Gasteiger charge is 2.18. The number of benzene rings is 1. The normalized spacial score (nSPS) is 15.3. The van der Waals surface area contributed by atoms with Crippen LogP contribution in [0, 0.1) is 0 Å². The van der Waals surface area contributed by atoms with Crippen LogP contribution in [0.2, 0.25) is 0 Å². The summed E-state index contributed by atoms with van der Waals surface area (Å²) in [6.45, 7) is 1.60. The van der Waals surface area contributed by atoms with Crippen LogP contribution in [0.1, 0.15) is 0 Å². The zero-order valence-electron chi connectivity index (χ0n) is 11.1. The SMILES string of the molecule is COc1ccc2nc(NC(=O)N3CCSCC3)sc2c1. The van der Waals surface area contributed by atoms with E-state index >= 15 is 0 Å². The lowest BCUT2D eigenvalue weighted by Crippen LogP contribution is -2.40. The van der Waals surface area contributed by atoms with Crippen LogP contribution >= 0.6 is 23.1 Å². The summed E-state index contributed by atoms with van der Waals surface area (Å²) in [7, 11) is 1.64. The number of nitrogens with one attached hydrogen (secondary N) is 1. The van der Waals surface area contributed by atoms with Gasteiger partial charge in [-0.2, -0.15) is 11.8 Å². The Hall–Kier alpha value is -1.47. The van der Waals surface area contributed by atoms with Crippen LogP contribution in [-0.2, 0) is 0 Å². The summed E-state index contributed by atoms with van der Waals surface area (Å²) in [5.41, 5.74) is 0.875. The fourth-order valence-corrected chi connectivity index (χ4v) is 3.81. The third kappa shape index (κ3) is 2.83. The molecule has 2 amide bonds. The molecule has 0 saturated carbocycles. The van der Waals surface area contributed by atoms with Crippen molar-refractivity contribution in [1.82, 2.24) is 9.88 Å². The number of thiazole rings is 1. The quantitative estimate of drug-likeness (QED) is 0.927. The number of nitrogens with zero attached hydrogens (tertiary/aromatic N) is 2. The Bertz CT molecular complexity index is 623. The third-order valence-corrected chi connectivity index (χ3v) is 4.98. The lowest BCUT2D eigenvalue weighted by atomic mass is 10.3. The number of ether oxygens (including phenoxy) is 1. The predicted molar refractivity (Wildman–Crippen MR) is 84.1 cm³/mol. The van der Waals surface area contributed by atoms with Crippen LogP contribution in [0.3, 0.4) is 0 Å². The minimum Gasteiger partial charge on any atom is -0.497 e. The molecule has 20 heavy (non-hydrogen) atoms. The van der Waals surface area contributed by atoms with E-state index in [0.29, 0.717) is 5.13 Å². The molecule has 1 aromatic heterocycles. The van der Waals surface area contributed by atoms with E-state index in [9.17, 15) is 4.79 Å². The van der Waals surface area contributed by atoms with Crippen LogP contribution in [0.4, 0.5) is 9.93 Å². The van der Waals surface area contributed by atoms with Crippen molar-refractivity contribution in [3.05, 3.63) is 18.2 Å². The van der Waals surface area contributed by atoms with E-state index in [4.69, 9.17) is 4.74 Å². The highest BCUT2D eigenvalue weighted by atomic mass is 32.2. The molecule has 3 rings (SSSR count). The monoisotopic (exact) mass is 309 g/mol. The molecule has 2 heterocycles. The molecule has 1 aliphatic rings. The van der Waals surface area contributed by atoms with Crippen LogP contribution in [0.25, 0.3) is 10.2 Å². The Morgan fingerprint density at radius 3 is 2.95 bits per heavy atom. The summed E-state index contributed by atoms with van der Waals surface area (Å²) >= 11 is 3.35. The number of carbonyl (C=O) groups excluding carboxylic acids is 1. The number of fused-ring (bicyclic) bond motifs is 1. The Morgan fingerprint density at radius 2 is 2.20 bits per heavy atom. The van der Waals surface area contributed by atoms with E-state index in [1.165, 1.54) is 11.3 Å². The number of carbonyl (C=O) groups is 1. The highest BCUT2D eigenvalue weighted by molar-refractivity contribution is 7.99. The zero-order valence-corrected chi connectivity index (χ0v) is 12.7. The first kappa shape index (κ1) is 13.5. The van der Waals surface area contributed by atoms with Gasteiger partial charge in [-0.05, 0) is 18.2 Å². The van der Waals surface area contributed by atoms with Crippen LogP contribution in [-0.4, -0.2) is 47.6 Å². The van der Waals surface area contributed by atoms with E-state index in [2.05, 4.69) is 10.3 Å². The van der Waals surface area contributed by atoms with Gasteiger partial charge in [-0.25, -0.2) is 9.78 Å². The molecule has 0 radical (unpaired) electrons. The van der Waals surface area contributed by atoms with Crippen molar-refractivity contribution in [2.45, 2.75) is 0 Å². The number of anilines is 1. The fraction of sp³-hybridized carbons (Fsp3) is 0.385. The first-order valence-corrected chi connectivity index (χ1v) is 8.31. The standard InChI is InChI=1S/C13H15N3O2S2/c1-18-9-2-3-10-11(8-9)20-12(14-10)15-13(17)16-4-6-19-7-5-16/h2-3,8H,4-7H2,1H3,(H,14,15,17). The first-order chi connectivity index (χ1) is 9.76. The van der Waals surface area contributed by atoms with Crippen molar-refractivity contribution in [3.63, 3.8) is 0 Å². The summed E-state index contributed by atoms with van der Waals surface area (Å²) in [5, 5.41) is 3.52. The van der Waals surface area contributed by atoms with Gasteiger partial charge in [0.1, 0.15) is 5.75 Å². The number of amides is 2. The molecule has 0 bridgehead atoms. The van der Waals surface area contributed by atoms with E-state index in [1.807, 2.05) is 34.9 Å². The molecule has 0 atom stereocenters. The van der Waals surface area contributed by atoms with E-state index in [0.717, 1.165) is 40.6 Å². The Balaban J connectivity index is 1.75. The van der Waals surface area contributed by atoms with Crippen LogP contribution in [0.15, 0.2) is 18.2 Å². The zero-order chi connectivity index (χ0) is 13.9. The summed E-state index contributed by atoms with van der Waals surface area (Å²) < 4.78 is 6.20. The number of thioether (sulfide) groups is 1. The fourth-order valence-electron chi connectivity index (χ4n) is 2.02. The van der Waals surface area contributed by atoms with Gasteiger partial charge in [0, 0.05) is 24.6 Å². The molecule has 1 aliphatic heterocycles. The van der Waals surface area contributed by atoms with Crippen molar-refractivity contribution in [1.29, 1.82) is 0 Å². The lowest BCUT2D eigenvalue weighted by Gasteiger charge is -2.25. The molecule has 1 N–H and O–H groups in total. The predicted octanol–water partition coefficient (Wildman–Crippen LogP) is 2.89. The molecule has 2 aromatic rings. The molecule has 106 valence electrons.